The Morgan fingerprint density at radius 2 is 1.77 bits per heavy atom. The van der Waals surface area contributed by atoms with Crippen molar-refractivity contribution in [2.45, 2.75) is 102 Å². The number of aliphatic hydroxyl groups is 1. The zero-order valence-corrected chi connectivity index (χ0v) is 27.5. The Morgan fingerprint density at radius 1 is 1.00 bits per heavy atom. The fourth-order valence-electron chi connectivity index (χ4n) is 5.82. The maximum atomic E-state index is 13.5. The smallest absolute Gasteiger partial charge is 0.332 e. The molecule has 4 aliphatic rings. The van der Waals surface area contributed by atoms with Gasteiger partial charge in [0.15, 0.2) is 5.78 Å². The van der Waals surface area contributed by atoms with E-state index in [2.05, 4.69) is 10.6 Å². The molecule has 3 aliphatic carbocycles. The van der Waals surface area contributed by atoms with Crippen molar-refractivity contribution in [3.8, 4) is 0 Å². The van der Waals surface area contributed by atoms with E-state index in [1.54, 1.807) is 43.4 Å². The van der Waals surface area contributed by atoms with Gasteiger partial charge in [-0.2, -0.15) is 0 Å². The fraction of sp³-hybridized carbons (Fsp3) is 0.486. The van der Waals surface area contributed by atoms with E-state index in [0.29, 0.717) is 43.3 Å². The van der Waals surface area contributed by atoms with Crippen LogP contribution in [0.4, 0.5) is 0 Å². The summed E-state index contributed by atoms with van der Waals surface area (Å²) in [6.07, 6.45) is 19.9. The topological polar surface area (TPSA) is 148 Å². The third-order valence-electron chi connectivity index (χ3n) is 9.03. The molecule has 10 nitrogen and oxygen atoms in total. The first kappa shape index (κ1) is 35.7. The van der Waals surface area contributed by atoms with Gasteiger partial charge in [0, 0.05) is 36.7 Å². The van der Waals surface area contributed by atoms with E-state index in [4.69, 9.17) is 9.47 Å². The molecule has 0 saturated heterocycles. The second-order valence-corrected chi connectivity index (χ2v) is 12.7. The summed E-state index contributed by atoms with van der Waals surface area (Å²) >= 11 is 0. The third kappa shape index (κ3) is 9.92. The highest BCUT2D eigenvalue weighted by atomic mass is 16.5. The van der Waals surface area contributed by atoms with Crippen molar-refractivity contribution in [2.24, 2.45) is 5.92 Å². The summed E-state index contributed by atoms with van der Waals surface area (Å²) in [5.41, 5.74) is 0.467. The van der Waals surface area contributed by atoms with Crippen LogP contribution in [0, 0.1) is 5.92 Å². The Labute approximate surface area is 276 Å². The van der Waals surface area contributed by atoms with Crippen LogP contribution in [-0.4, -0.2) is 65.4 Å². The van der Waals surface area contributed by atoms with E-state index in [1.165, 1.54) is 13.2 Å². The van der Waals surface area contributed by atoms with Gasteiger partial charge >= 0.3 is 5.97 Å². The summed E-state index contributed by atoms with van der Waals surface area (Å²) in [5, 5.41) is 16.8. The van der Waals surface area contributed by atoms with Crippen molar-refractivity contribution in [3.05, 3.63) is 83.2 Å². The van der Waals surface area contributed by atoms with Crippen molar-refractivity contribution < 1.29 is 38.6 Å². The molecule has 10 heteroatoms. The van der Waals surface area contributed by atoms with E-state index in [-0.39, 0.29) is 30.0 Å². The number of allylic oxidation sites excluding steroid dienone is 9. The Morgan fingerprint density at radius 3 is 2.47 bits per heavy atom. The van der Waals surface area contributed by atoms with Crippen LogP contribution in [0.1, 0.15) is 78.1 Å². The largest absolute Gasteiger partial charge is 0.460 e. The molecule has 1 aliphatic heterocycles. The molecule has 0 radical (unpaired) electrons. The molecule has 3 N–H and O–H groups in total. The van der Waals surface area contributed by atoms with Gasteiger partial charge in [0.25, 0.3) is 0 Å². The van der Waals surface area contributed by atoms with Crippen molar-refractivity contribution >= 4 is 29.4 Å². The van der Waals surface area contributed by atoms with Crippen LogP contribution in [0.2, 0.25) is 0 Å². The molecular formula is C37H46N2O8. The molecule has 0 aromatic carbocycles. The van der Waals surface area contributed by atoms with Crippen LogP contribution in [0.5, 0.6) is 0 Å². The van der Waals surface area contributed by atoms with Crippen molar-refractivity contribution in [1.29, 1.82) is 0 Å². The standard InChI is InChI=1S/C37H46N2O8/c1-24-13-12-16-27-21-28(40)22-30(34(27)43)38-32(41)23-29(46-3)17-10-5-4-6-11-18-31(25(2)33(24)42)47-36(45)37(19-20-37)39-35(44)26-14-8-7-9-15-26/h4-6,10-11,13-14,17,21-22,25,29,31,33,42H,7-9,12,15-16,18-20,23H2,1-3H3,(H,38,41)(H,39,44)/b5-4-,11-6-,17-10-,24-13-/t25-,29-,31-,33-/m0/s1. The van der Waals surface area contributed by atoms with Crippen LogP contribution in [-0.2, 0) is 33.4 Å². The normalized spacial score (nSPS) is 30.4. The summed E-state index contributed by atoms with van der Waals surface area (Å²) in [6.45, 7) is 3.57. The van der Waals surface area contributed by atoms with Gasteiger partial charge in [-0.3, -0.25) is 19.2 Å². The van der Waals surface area contributed by atoms with E-state index in [0.717, 1.165) is 25.3 Å². The lowest BCUT2D eigenvalue weighted by Gasteiger charge is -2.30. The molecule has 2 amide bonds. The lowest BCUT2D eigenvalue weighted by Crippen LogP contribution is -2.47. The number of hydrogen-bond donors (Lipinski definition) is 3. The minimum absolute atomic E-state index is 0.0567. The van der Waals surface area contributed by atoms with Gasteiger partial charge in [-0.05, 0) is 69.9 Å². The van der Waals surface area contributed by atoms with Gasteiger partial charge in [-0.15, -0.1) is 0 Å². The summed E-state index contributed by atoms with van der Waals surface area (Å²) in [5.74, 6) is -2.52. The van der Waals surface area contributed by atoms with Gasteiger partial charge in [-0.25, -0.2) is 4.79 Å². The maximum absolute atomic E-state index is 13.5. The van der Waals surface area contributed by atoms with E-state index >= 15 is 0 Å². The summed E-state index contributed by atoms with van der Waals surface area (Å²) in [6, 6.07) is 0. The number of amides is 2. The number of fused-ring (bicyclic) bond motifs is 2. The summed E-state index contributed by atoms with van der Waals surface area (Å²) in [7, 11) is 1.47. The molecule has 47 heavy (non-hydrogen) atoms. The summed E-state index contributed by atoms with van der Waals surface area (Å²) < 4.78 is 11.4. The number of aliphatic hydroxyl groups excluding tert-OH is 1. The van der Waals surface area contributed by atoms with Gasteiger partial charge < -0.3 is 25.2 Å². The lowest BCUT2D eigenvalue weighted by atomic mass is 9.89. The number of Topliss-reactive ketones (excluding diaryl/α,β-unsaturated/α-hetero) is 1. The molecular weight excluding hydrogens is 600 g/mol. The molecule has 0 aromatic heterocycles. The summed E-state index contributed by atoms with van der Waals surface area (Å²) in [4.78, 5) is 64.5. The highest BCUT2D eigenvalue weighted by Gasteiger charge is 2.54. The first-order chi connectivity index (χ1) is 22.5. The monoisotopic (exact) mass is 646 g/mol. The molecule has 1 fully saturated rings. The highest BCUT2D eigenvalue weighted by Crippen LogP contribution is 2.38. The number of carbonyl (C=O) groups is 5. The van der Waals surface area contributed by atoms with Gasteiger partial charge in [0.2, 0.25) is 17.6 Å². The Kier molecular flexibility index (Phi) is 12.6. The number of carbonyl (C=O) groups excluding carboxylic acids is 5. The van der Waals surface area contributed by atoms with Crippen LogP contribution >= 0.6 is 0 Å². The highest BCUT2D eigenvalue weighted by molar-refractivity contribution is 6.21. The molecule has 1 heterocycles. The van der Waals surface area contributed by atoms with Gasteiger partial charge in [0.05, 0.1) is 24.3 Å². The van der Waals surface area contributed by atoms with Gasteiger partial charge in [-0.1, -0.05) is 55.5 Å². The molecule has 1 saturated carbocycles. The number of ether oxygens (including phenoxy) is 2. The minimum Gasteiger partial charge on any atom is -0.460 e. The van der Waals surface area contributed by atoms with E-state index < -0.39 is 53.2 Å². The Bertz CT molecular complexity index is 1460. The third-order valence-corrected chi connectivity index (χ3v) is 9.03. The van der Waals surface area contributed by atoms with E-state index in [9.17, 15) is 29.1 Å². The zero-order chi connectivity index (χ0) is 34.0. The molecule has 4 rings (SSSR count). The number of rotatable bonds is 5. The molecule has 252 valence electrons. The quantitative estimate of drug-likeness (QED) is 0.227. The maximum Gasteiger partial charge on any atom is 0.332 e. The molecule has 0 spiro atoms. The van der Waals surface area contributed by atoms with Crippen molar-refractivity contribution in [1.82, 2.24) is 10.6 Å². The molecule has 0 aromatic rings. The number of hydrogen-bond acceptors (Lipinski definition) is 8. The minimum atomic E-state index is -1.06. The molecule has 2 bridgehead atoms. The number of methoxy groups -OCH3 is 1. The first-order valence-electron chi connectivity index (χ1n) is 16.4. The van der Waals surface area contributed by atoms with Crippen molar-refractivity contribution in [3.63, 3.8) is 0 Å². The Hall–Kier alpha value is -4.15. The SMILES string of the molecule is CO[C@H]1\C=C/C=C\C=C/C[C@H](OC(=O)C2(NC(=O)C3=CCCCC3)CC2)[C@H](C)[C@@H](O)/C(C)=C\CCC2=CC(=O)C=C(NC(=O)C1)C2=O. The average molecular weight is 647 g/mol. The fourth-order valence-corrected chi connectivity index (χ4v) is 5.82. The predicted octanol–water partition coefficient (Wildman–Crippen LogP) is 4.33. The van der Waals surface area contributed by atoms with Gasteiger partial charge in [0.1, 0.15) is 11.6 Å². The van der Waals surface area contributed by atoms with Crippen LogP contribution in [0.25, 0.3) is 0 Å². The van der Waals surface area contributed by atoms with E-state index in [1.807, 2.05) is 19.1 Å². The van der Waals surface area contributed by atoms with Crippen LogP contribution in [0.3, 0.4) is 0 Å². The average Bonchev–Trinajstić information content (AvgIpc) is 3.84. The zero-order valence-electron chi connectivity index (χ0n) is 27.5. The Balaban J connectivity index is 1.53. The second-order valence-electron chi connectivity index (χ2n) is 12.7. The van der Waals surface area contributed by atoms with Crippen molar-refractivity contribution in [2.75, 3.05) is 7.11 Å². The predicted molar refractivity (Wildman–Crippen MR) is 176 cm³/mol. The number of esters is 1. The first-order valence-corrected chi connectivity index (χ1v) is 16.4. The molecule has 4 atom stereocenters. The molecule has 0 unspecified atom stereocenters. The lowest BCUT2D eigenvalue weighted by molar-refractivity contribution is -0.158. The van der Waals surface area contributed by atoms with Crippen LogP contribution < -0.4 is 10.6 Å². The number of nitrogens with one attached hydrogen (secondary N) is 2. The second kappa shape index (κ2) is 16.6. The number of ketones is 2. The van der Waals surface area contributed by atoms with Crippen LogP contribution in [0.15, 0.2) is 83.2 Å².